The fourth-order valence-corrected chi connectivity index (χ4v) is 4.41. The lowest BCUT2D eigenvalue weighted by Gasteiger charge is -2.30. The number of guanidine groups is 1. The lowest BCUT2D eigenvalue weighted by atomic mass is 9.96. The van der Waals surface area contributed by atoms with E-state index >= 15 is 0 Å². The van der Waals surface area contributed by atoms with Crippen molar-refractivity contribution in [2.75, 3.05) is 32.7 Å². The lowest BCUT2D eigenvalue weighted by Crippen LogP contribution is -2.47. The van der Waals surface area contributed by atoms with Crippen LogP contribution in [-0.4, -0.2) is 61.8 Å². The van der Waals surface area contributed by atoms with Gasteiger partial charge in [-0.3, -0.25) is 4.99 Å². The van der Waals surface area contributed by atoms with Crippen molar-refractivity contribution < 1.29 is 4.74 Å². The summed E-state index contributed by atoms with van der Waals surface area (Å²) in [5, 5.41) is 6.99. The molecule has 146 valence electrons. The zero-order chi connectivity index (χ0) is 16.8. The van der Waals surface area contributed by atoms with Crippen molar-refractivity contribution in [3.8, 4) is 0 Å². The molecule has 0 aliphatic carbocycles. The van der Waals surface area contributed by atoms with E-state index in [1.165, 1.54) is 58.2 Å². The molecule has 3 aliphatic heterocycles. The van der Waals surface area contributed by atoms with E-state index in [0.717, 1.165) is 31.4 Å². The van der Waals surface area contributed by atoms with Gasteiger partial charge in [0, 0.05) is 19.6 Å². The first kappa shape index (κ1) is 21.2. The second-order valence-corrected chi connectivity index (χ2v) is 7.88. The molecule has 3 rings (SSSR count). The largest absolute Gasteiger partial charge is 0.373 e. The second kappa shape index (κ2) is 10.9. The number of unbranched alkanes of at least 4 members (excludes halogenated alkanes) is 1. The predicted octanol–water partition coefficient (Wildman–Crippen LogP) is 2.99. The van der Waals surface area contributed by atoms with Gasteiger partial charge in [0.2, 0.25) is 0 Å². The molecule has 5 nitrogen and oxygen atoms in total. The first-order valence-electron chi connectivity index (χ1n) is 10.2. The van der Waals surface area contributed by atoms with Gasteiger partial charge in [0.15, 0.2) is 5.96 Å². The molecule has 3 fully saturated rings. The molecule has 2 N–H and O–H groups in total. The monoisotopic (exact) mass is 464 g/mol. The molecule has 0 spiro atoms. The van der Waals surface area contributed by atoms with Crippen LogP contribution < -0.4 is 10.6 Å². The minimum absolute atomic E-state index is 0. The summed E-state index contributed by atoms with van der Waals surface area (Å²) in [4.78, 5) is 7.41. The maximum Gasteiger partial charge on any atom is 0.191 e. The highest BCUT2D eigenvalue weighted by Crippen LogP contribution is 2.34. The minimum Gasteiger partial charge on any atom is -0.373 e. The molecule has 0 amide bonds. The number of rotatable bonds is 7. The highest BCUT2D eigenvalue weighted by Gasteiger charge is 2.41. The molecule has 3 heterocycles. The summed E-state index contributed by atoms with van der Waals surface area (Å²) in [6, 6.07) is 0.455. The van der Waals surface area contributed by atoms with Crippen molar-refractivity contribution >= 4 is 29.9 Å². The van der Waals surface area contributed by atoms with Gasteiger partial charge in [0.05, 0.1) is 18.2 Å². The predicted molar refractivity (Wildman–Crippen MR) is 115 cm³/mol. The van der Waals surface area contributed by atoms with Gasteiger partial charge < -0.3 is 20.3 Å². The average molecular weight is 464 g/mol. The molecular formula is C19H37IN4O. The topological polar surface area (TPSA) is 48.9 Å². The van der Waals surface area contributed by atoms with Crippen molar-refractivity contribution in [1.82, 2.24) is 15.5 Å². The van der Waals surface area contributed by atoms with Crippen LogP contribution in [0.1, 0.15) is 58.8 Å². The van der Waals surface area contributed by atoms with Crippen LogP contribution in [0.3, 0.4) is 0 Å². The lowest BCUT2D eigenvalue weighted by molar-refractivity contribution is 0.0992. The van der Waals surface area contributed by atoms with Crippen LogP contribution in [-0.2, 0) is 4.74 Å². The SMILES string of the molecule is CCNC(=NCCCCN1CCCC(C)C1)NC1CC2CCC1O2.I. The number of halogens is 1. The third-order valence-corrected chi connectivity index (χ3v) is 5.67. The molecule has 0 aromatic carbocycles. The van der Waals surface area contributed by atoms with Crippen LogP contribution in [0.2, 0.25) is 0 Å². The normalized spacial score (nSPS) is 32.5. The Morgan fingerprint density at radius 3 is 2.80 bits per heavy atom. The van der Waals surface area contributed by atoms with Crippen LogP contribution in [0.25, 0.3) is 0 Å². The molecule has 3 saturated heterocycles. The highest BCUT2D eigenvalue weighted by molar-refractivity contribution is 14.0. The Kier molecular flexibility index (Phi) is 9.27. The Bertz CT molecular complexity index is 420. The Morgan fingerprint density at radius 2 is 2.12 bits per heavy atom. The summed E-state index contributed by atoms with van der Waals surface area (Å²) in [5.41, 5.74) is 0. The van der Waals surface area contributed by atoms with E-state index in [9.17, 15) is 0 Å². The first-order valence-corrected chi connectivity index (χ1v) is 10.2. The summed E-state index contributed by atoms with van der Waals surface area (Å²) >= 11 is 0. The van der Waals surface area contributed by atoms with E-state index in [1.54, 1.807) is 0 Å². The maximum absolute atomic E-state index is 5.93. The van der Waals surface area contributed by atoms with Crippen molar-refractivity contribution in [1.29, 1.82) is 0 Å². The molecule has 0 radical (unpaired) electrons. The number of ether oxygens (including phenoxy) is 1. The molecule has 6 heteroatoms. The van der Waals surface area contributed by atoms with Gasteiger partial charge in [-0.2, -0.15) is 0 Å². The van der Waals surface area contributed by atoms with Gasteiger partial charge in [-0.25, -0.2) is 0 Å². The van der Waals surface area contributed by atoms with Crippen molar-refractivity contribution in [2.45, 2.75) is 77.0 Å². The third kappa shape index (κ3) is 6.54. The Labute approximate surface area is 170 Å². The number of aliphatic imine (C=N–C) groups is 1. The molecule has 0 aromatic rings. The highest BCUT2D eigenvalue weighted by atomic mass is 127. The van der Waals surface area contributed by atoms with Gasteiger partial charge in [-0.15, -0.1) is 24.0 Å². The van der Waals surface area contributed by atoms with Gasteiger partial charge in [0.25, 0.3) is 0 Å². The van der Waals surface area contributed by atoms with E-state index in [0.29, 0.717) is 18.2 Å². The molecule has 4 unspecified atom stereocenters. The molecule has 3 aliphatic rings. The van der Waals surface area contributed by atoms with Crippen LogP contribution in [0, 0.1) is 5.92 Å². The molecule has 2 bridgehead atoms. The molecule has 4 atom stereocenters. The summed E-state index contributed by atoms with van der Waals surface area (Å²) < 4.78 is 5.93. The summed E-state index contributed by atoms with van der Waals surface area (Å²) in [6.07, 6.45) is 9.69. The number of nitrogens with one attached hydrogen (secondary N) is 2. The molecular weight excluding hydrogens is 427 g/mol. The van der Waals surface area contributed by atoms with Crippen molar-refractivity contribution in [2.24, 2.45) is 10.9 Å². The molecule has 0 saturated carbocycles. The second-order valence-electron chi connectivity index (χ2n) is 7.88. The summed E-state index contributed by atoms with van der Waals surface area (Å²) in [5.74, 6) is 1.86. The summed E-state index contributed by atoms with van der Waals surface area (Å²) in [6.45, 7) is 10.2. The van der Waals surface area contributed by atoms with Crippen molar-refractivity contribution in [3.63, 3.8) is 0 Å². The molecule has 25 heavy (non-hydrogen) atoms. The average Bonchev–Trinajstić information content (AvgIpc) is 3.17. The number of nitrogens with zero attached hydrogens (tertiary/aromatic N) is 2. The van der Waals surface area contributed by atoms with E-state index < -0.39 is 0 Å². The quantitative estimate of drug-likeness (QED) is 0.263. The van der Waals surface area contributed by atoms with Gasteiger partial charge in [0.1, 0.15) is 0 Å². The third-order valence-electron chi connectivity index (χ3n) is 5.67. The first-order chi connectivity index (χ1) is 11.7. The van der Waals surface area contributed by atoms with Gasteiger partial charge >= 0.3 is 0 Å². The maximum atomic E-state index is 5.93. The fourth-order valence-electron chi connectivity index (χ4n) is 4.41. The fraction of sp³-hybridized carbons (Fsp3) is 0.947. The van der Waals surface area contributed by atoms with Crippen LogP contribution >= 0.6 is 24.0 Å². The van der Waals surface area contributed by atoms with Gasteiger partial charge in [-0.1, -0.05) is 6.92 Å². The Hall–Kier alpha value is -0.0800. The van der Waals surface area contributed by atoms with Crippen LogP contribution in [0.15, 0.2) is 4.99 Å². The van der Waals surface area contributed by atoms with Gasteiger partial charge in [-0.05, 0) is 70.9 Å². The van der Waals surface area contributed by atoms with E-state index in [-0.39, 0.29) is 24.0 Å². The van der Waals surface area contributed by atoms with Crippen molar-refractivity contribution in [3.05, 3.63) is 0 Å². The number of likely N-dealkylation sites (tertiary alicyclic amines) is 1. The summed E-state index contributed by atoms with van der Waals surface area (Å²) in [7, 11) is 0. The number of piperidine rings is 1. The Morgan fingerprint density at radius 1 is 1.24 bits per heavy atom. The smallest absolute Gasteiger partial charge is 0.191 e. The standard InChI is InChI=1S/C19H36N4O.HI/c1-3-20-19(22-17-13-16-8-9-18(17)24-16)21-10-4-5-11-23-12-6-7-15(2)14-23;/h15-18H,3-14H2,1-2H3,(H2,20,21,22);1H. The van der Waals surface area contributed by atoms with Crippen LogP contribution in [0.4, 0.5) is 0 Å². The Balaban J connectivity index is 0.00000225. The number of fused-ring (bicyclic) bond motifs is 2. The van der Waals surface area contributed by atoms with E-state index in [1.807, 2.05) is 0 Å². The zero-order valence-corrected chi connectivity index (χ0v) is 18.3. The van der Waals surface area contributed by atoms with E-state index in [2.05, 4.69) is 29.4 Å². The van der Waals surface area contributed by atoms with Crippen LogP contribution in [0.5, 0.6) is 0 Å². The van der Waals surface area contributed by atoms with E-state index in [4.69, 9.17) is 9.73 Å². The zero-order valence-electron chi connectivity index (χ0n) is 16.0. The minimum atomic E-state index is 0. The molecule has 0 aromatic heterocycles. The number of hydrogen-bond donors (Lipinski definition) is 2. The number of hydrogen-bond acceptors (Lipinski definition) is 3.